The molecule has 0 aliphatic heterocycles. The standard InChI is InChI=1S/C11H20N2O3/c1-13(8-4-7-10(14)16-2)11(15)12-9-5-3-6-9/h9H,3-8H2,1-2H3,(H,12,15). The number of hydrogen-bond donors (Lipinski definition) is 1. The van der Waals surface area contributed by atoms with Gasteiger partial charge in [-0.2, -0.15) is 0 Å². The van der Waals surface area contributed by atoms with Crippen molar-refractivity contribution in [3.8, 4) is 0 Å². The van der Waals surface area contributed by atoms with Crippen molar-refractivity contribution in [3.63, 3.8) is 0 Å². The molecule has 5 heteroatoms. The minimum atomic E-state index is -0.229. The van der Waals surface area contributed by atoms with Crippen LogP contribution in [0.25, 0.3) is 0 Å². The quantitative estimate of drug-likeness (QED) is 0.718. The van der Waals surface area contributed by atoms with Crippen LogP contribution in [0.4, 0.5) is 4.79 Å². The molecule has 0 aromatic carbocycles. The lowest BCUT2D eigenvalue weighted by Crippen LogP contribution is -2.46. The molecule has 1 N–H and O–H groups in total. The minimum absolute atomic E-state index is 0.0467. The Kier molecular flexibility index (Phi) is 5.08. The van der Waals surface area contributed by atoms with Crippen molar-refractivity contribution in [1.29, 1.82) is 0 Å². The van der Waals surface area contributed by atoms with E-state index in [9.17, 15) is 9.59 Å². The third-order valence-corrected chi connectivity index (χ3v) is 2.88. The van der Waals surface area contributed by atoms with Crippen molar-refractivity contribution >= 4 is 12.0 Å². The lowest BCUT2D eigenvalue weighted by molar-refractivity contribution is -0.140. The Hall–Kier alpha value is -1.26. The van der Waals surface area contributed by atoms with Crippen LogP contribution in [0, 0.1) is 0 Å². The summed E-state index contributed by atoms with van der Waals surface area (Å²) in [7, 11) is 3.11. The predicted octanol–water partition coefficient (Wildman–Crippen LogP) is 1.13. The van der Waals surface area contributed by atoms with E-state index >= 15 is 0 Å². The molecule has 0 aromatic heterocycles. The summed E-state index contributed by atoms with van der Waals surface area (Å²) in [4.78, 5) is 24.1. The zero-order chi connectivity index (χ0) is 12.0. The van der Waals surface area contributed by atoms with Gasteiger partial charge in [-0.25, -0.2) is 4.79 Å². The van der Waals surface area contributed by atoms with Gasteiger partial charge in [0.25, 0.3) is 0 Å². The number of carbonyl (C=O) groups is 2. The Morgan fingerprint density at radius 1 is 1.44 bits per heavy atom. The number of methoxy groups -OCH3 is 1. The molecule has 16 heavy (non-hydrogen) atoms. The van der Waals surface area contributed by atoms with E-state index in [0.29, 0.717) is 25.4 Å². The SMILES string of the molecule is COC(=O)CCCN(C)C(=O)NC1CCC1. The molecule has 2 amide bonds. The molecule has 1 saturated carbocycles. The second kappa shape index (κ2) is 6.35. The molecule has 1 aliphatic rings. The molecule has 0 aromatic rings. The van der Waals surface area contributed by atoms with E-state index in [1.807, 2.05) is 0 Å². The fraction of sp³-hybridized carbons (Fsp3) is 0.818. The topological polar surface area (TPSA) is 58.6 Å². The smallest absolute Gasteiger partial charge is 0.317 e. The van der Waals surface area contributed by atoms with Crippen LogP contribution < -0.4 is 5.32 Å². The van der Waals surface area contributed by atoms with E-state index in [1.165, 1.54) is 13.5 Å². The Morgan fingerprint density at radius 2 is 2.12 bits per heavy atom. The van der Waals surface area contributed by atoms with Crippen molar-refractivity contribution < 1.29 is 14.3 Å². The largest absolute Gasteiger partial charge is 0.469 e. The number of rotatable bonds is 5. The van der Waals surface area contributed by atoms with Crippen molar-refractivity contribution in [3.05, 3.63) is 0 Å². The van der Waals surface area contributed by atoms with Crippen molar-refractivity contribution in [2.24, 2.45) is 0 Å². The van der Waals surface area contributed by atoms with Crippen LogP contribution in [0.3, 0.4) is 0 Å². The maximum atomic E-state index is 11.6. The first-order valence-corrected chi connectivity index (χ1v) is 5.72. The maximum absolute atomic E-state index is 11.6. The Balaban J connectivity index is 2.10. The number of nitrogens with zero attached hydrogens (tertiary/aromatic N) is 1. The van der Waals surface area contributed by atoms with E-state index in [1.54, 1.807) is 11.9 Å². The summed E-state index contributed by atoms with van der Waals surface area (Å²) in [6.45, 7) is 0.577. The van der Waals surface area contributed by atoms with Crippen molar-refractivity contribution in [2.75, 3.05) is 20.7 Å². The summed E-state index contributed by atoms with van der Waals surface area (Å²) in [5.41, 5.74) is 0. The zero-order valence-electron chi connectivity index (χ0n) is 9.99. The van der Waals surface area contributed by atoms with Gasteiger partial charge in [0.1, 0.15) is 0 Å². The van der Waals surface area contributed by atoms with Crippen LogP contribution in [-0.4, -0.2) is 43.6 Å². The Labute approximate surface area is 96.1 Å². The number of amides is 2. The summed E-state index contributed by atoms with van der Waals surface area (Å²) in [6.07, 6.45) is 4.37. The first-order valence-electron chi connectivity index (χ1n) is 5.72. The molecule has 0 radical (unpaired) electrons. The van der Waals surface area contributed by atoms with Crippen LogP contribution in [-0.2, 0) is 9.53 Å². The summed E-state index contributed by atoms with van der Waals surface area (Å²) < 4.78 is 4.53. The number of esters is 1. The number of carbonyl (C=O) groups excluding carboxylic acids is 2. The van der Waals surface area contributed by atoms with E-state index in [2.05, 4.69) is 10.1 Å². The summed E-state index contributed by atoms with van der Waals surface area (Å²) in [6, 6.07) is 0.310. The molecule has 0 saturated heterocycles. The van der Waals surface area contributed by atoms with Crippen LogP contribution in [0.2, 0.25) is 0 Å². The van der Waals surface area contributed by atoms with Gasteiger partial charge >= 0.3 is 12.0 Å². The van der Waals surface area contributed by atoms with Gasteiger partial charge in [-0.15, -0.1) is 0 Å². The fourth-order valence-electron chi connectivity index (χ4n) is 1.50. The number of urea groups is 1. The highest BCUT2D eigenvalue weighted by atomic mass is 16.5. The number of hydrogen-bond acceptors (Lipinski definition) is 3. The van der Waals surface area contributed by atoms with Crippen LogP contribution in [0.1, 0.15) is 32.1 Å². The normalized spacial score (nSPS) is 15.1. The average Bonchev–Trinajstić information content (AvgIpc) is 2.22. The average molecular weight is 228 g/mol. The highest BCUT2D eigenvalue weighted by Crippen LogP contribution is 2.18. The van der Waals surface area contributed by atoms with Gasteiger partial charge in [0.2, 0.25) is 0 Å². The summed E-state index contributed by atoms with van der Waals surface area (Å²) >= 11 is 0. The zero-order valence-corrected chi connectivity index (χ0v) is 9.99. The predicted molar refractivity (Wildman–Crippen MR) is 60.1 cm³/mol. The molecule has 92 valence electrons. The molecule has 0 heterocycles. The van der Waals surface area contributed by atoms with Crippen molar-refractivity contribution in [2.45, 2.75) is 38.1 Å². The van der Waals surface area contributed by atoms with E-state index in [0.717, 1.165) is 12.8 Å². The van der Waals surface area contributed by atoms with Gasteiger partial charge in [-0.1, -0.05) is 0 Å². The first kappa shape index (κ1) is 12.8. The number of ether oxygens (including phenoxy) is 1. The van der Waals surface area contributed by atoms with Crippen LogP contribution >= 0.6 is 0 Å². The maximum Gasteiger partial charge on any atom is 0.317 e. The Morgan fingerprint density at radius 3 is 2.62 bits per heavy atom. The lowest BCUT2D eigenvalue weighted by atomic mass is 9.93. The molecule has 1 aliphatic carbocycles. The molecular weight excluding hydrogens is 208 g/mol. The monoisotopic (exact) mass is 228 g/mol. The number of nitrogens with one attached hydrogen (secondary N) is 1. The van der Waals surface area contributed by atoms with Gasteiger partial charge < -0.3 is 15.0 Å². The molecule has 0 atom stereocenters. The van der Waals surface area contributed by atoms with E-state index < -0.39 is 0 Å². The van der Waals surface area contributed by atoms with Gasteiger partial charge in [0.05, 0.1) is 7.11 Å². The third kappa shape index (κ3) is 4.08. The van der Waals surface area contributed by atoms with Crippen LogP contribution in [0.15, 0.2) is 0 Å². The van der Waals surface area contributed by atoms with Gasteiger partial charge in [0, 0.05) is 26.1 Å². The second-order valence-corrected chi connectivity index (χ2v) is 4.18. The highest BCUT2D eigenvalue weighted by molar-refractivity contribution is 5.74. The molecule has 0 bridgehead atoms. The molecular formula is C11H20N2O3. The summed E-state index contributed by atoms with van der Waals surface area (Å²) in [5, 5.41) is 2.94. The highest BCUT2D eigenvalue weighted by Gasteiger charge is 2.20. The van der Waals surface area contributed by atoms with Gasteiger partial charge in [0.15, 0.2) is 0 Å². The molecule has 0 spiro atoms. The minimum Gasteiger partial charge on any atom is -0.469 e. The van der Waals surface area contributed by atoms with Gasteiger partial charge in [-0.3, -0.25) is 4.79 Å². The van der Waals surface area contributed by atoms with Crippen LogP contribution in [0.5, 0.6) is 0 Å². The third-order valence-electron chi connectivity index (χ3n) is 2.88. The molecule has 0 unspecified atom stereocenters. The second-order valence-electron chi connectivity index (χ2n) is 4.18. The fourth-order valence-corrected chi connectivity index (χ4v) is 1.50. The molecule has 1 rings (SSSR count). The molecule has 5 nitrogen and oxygen atoms in total. The van der Waals surface area contributed by atoms with E-state index in [-0.39, 0.29) is 12.0 Å². The van der Waals surface area contributed by atoms with Gasteiger partial charge in [-0.05, 0) is 25.7 Å². The Bertz CT molecular complexity index is 252. The molecule has 1 fully saturated rings. The van der Waals surface area contributed by atoms with Crippen molar-refractivity contribution in [1.82, 2.24) is 10.2 Å². The first-order chi connectivity index (χ1) is 7.63. The van der Waals surface area contributed by atoms with E-state index in [4.69, 9.17) is 0 Å². The summed E-state index contributed by atoms with van der Waals surface area (Å²) in [5.74, 6) is -0.229. The lowest BCUT2D eigenvalue weighted by Gasteiger charge is -2.29.